The third kappa shape index (κ3) is 2.92. The van der Waals surface area contributed by atoms with E-state index in [1.165, 1.54) is 12.2 Å². The van der Waals surface area contributed by atoms with Gasteiger partial charge in [0.1, 0.15) is 0 Å². The zero-order chi connectivity index (χ0) is 17.1. The van der Waals surface area contributed by atoms with Crippen molar-refractivity contribution in [3.05, 3.63) is 105 Å². The molecule has 0 saturated heterocycles. The van der Waals surface area contributed by atoms with Gasteiger partial charge >= 0.3 is 0 Å². The first kappa shape index (κ1) is 15.6. The number of ketones is 2. The number of nitrogens with zero attached hydrogens (tertiary/aromatic N) is 1. The maximum atomic E-state index is 12.7. The molecule has 0 aromatic heterocycles. The van der Waals surface area contributed by atoms with Crippen molar-refractivity contribution < 1.29 is 14.5 Å². The highest BCUT2D eigenvalue weighted by Crippen LogP contribution is 2.27. The molecular weight excluding hydrogens is 306 g/mol. The molecule has 118 valence electrons. The molecule has 1 aliphatic carbocycles. The van der Waals surface area contributed by atoms with Crippen LogP contribution in [0.1, 0.15) is 20.7 Å². The predicted molar refractivity (Wildman–Crippen MR) is 88.5 cm³/mol. The lowest BCUT2D eigenvalue weighted by Crippen LogP contribution is -2.11. The van der Waals surface area contributed by atoms with E-state index in [0.29, 0.717) is 11.1 Å². The van der Waals surface area contributed by atoms with Gasteiger partial charge in [0.2, 0.25) is 0 Å². The van der Waals surface area contributed by atoms with Crippen LogP contribution in [-0.4, -0.2) is 22.5 Å². The number of allylic oxidation sites excluding steroid dienone is 2. The Kier molecular flexibility index (Phi) is 4.16. The molecule has 2 aromatic rings. The monoisotopic (exact) mass is 319 g/mol. The van der Waals surface area contributed by atoms with Gasteiger partial charge in [-0.25, -0.2) is 0 Å². The Bertz CT molecular complexity index is 799. The van der Waals surface area contributed by atoms with Crippen LogP contribution in [-0.2, 0) is 0 Å². The van der Waals surface area contributed by atoms with E-state index in [1.54, 1.807) is 60.7 Å². The van der Waals surface area contributed by atoms with E-state index in [2.05, 4.69) is 0 Å². The molecule has 0 amide bonds. The summed E-state index contributed by atoms with van der Waals surface area (Å²) in [5.74, 6) is -0.786. The summed E-state index contributed by atoms with van der Waals surface area (Å²) in [6, 6.07) is 15.7. The smallest absolute Gasteiger partial charge is 0.251 e. The lowest BCUT2D eigenvalue weighted by atomic mass is 9.93. The number of nitro groups is 1. The third-order valence-corrected chi connectivity index (χ3v) is 3.77. The molecule has 0 heterocycles. The van der Waals surface area contributed by atoms with Crippen molar-refractivity contribution in [1.29, 1.82) is 0 Å². The highest BCUT2D eigenvalue weighted by molar-refractivity contribution is 6.23. The minimum Gasteiger partial charge on any atom is -0.289 e. The van der Waals surface area contributed by atoms with Crippen LogP contribution in [0.4, 0.5) is 0 Å². The molecule has 0 N–H and O–H groups in total. The van der Waals surface area contributed by atoms with E-state index >= 15 is 0 Å². The largest absolute Gasteiger partial charge is 0.289 e. The number of Topliss-reactive ketones (excluding diaryl/α,β-unsaturated/α-hetero) is 2. The third-order valence-electron chi connectivity index (χ3n) is 3.77. The first-order valence-electron chi connectivity index (χ1n) is 7.35. The second kappa shape index (κ2) is 6.42. The Morgan fingerprint density at radius 2 is 1.12 bits per heavy atom. The van der Waals surface area contributed by atoms with Crippen LogP contribution in [0.25, 0.3) is 0 Å². The Morgan fingerprint density at radius 3 is 1.46 bits per heavy atom. The summed E-state index contributed by atoms with van der Waals surface area (Å²) < 4.78 is 0. The fourth-order valence-corrected chi connectivity index (χ4v) is 2.58. The molecule has 5 heteroatoms. The summed E-state index contributed by atoms with van der Waals surface area (Å²) in [4.78, 5) is 35.9. The first-order chi connectivity index (χ1) is 11.6. The van der Waals surface area contributed by atoms with E-state index in [0.717, 1.165) is 0 Å². The summed E-state index contributed by atoms with van der Waals surface area (Å²) in [7, 11) is 0. The van der Waals surface area contributed by atoms with Crippen molar-refractivity contribution in [2.75, 3.05) is 0 Å². The highest BCUT2D eigenvalue weighted by Gasteiger charge is 2.33. The molecule has 0 spiro atoms. The topological polar surface area (TPSA) is 77.3 Å². The molecule has 0 radical (unpaired) electrons. The molecule has 0 fully saturated rings. The number of rotatable bonds is 5. The quantitative estimate of drug-likeness (QED) is 0.481. The molecule has 5 nitrogen and oxygen atoms in total. The van der Waals surface area contributed by atoms with Crippen LogP contribution in [0.5, 0.6) is 0 Å². The van der Waals surface area contributed by atoms with Crippen LogP contribution in [0.15, 0.2) is 84.0 Å². The number of benzene rings is 2. The number of hydrogen-bond donors (Lipinski definition) is 0. The molecule has 0 aliphatic heterocycles. The van der Waals surface area contributed by atoms with Crippen LogP contribution in [0, 0.1) is 10.1 Å². The van der Waals surface area contributed by atoms with Gasteiger partial charge in [0, 0.05) is 39.3 Å². The fourth-order valence-electron chi connectivity index (χ4n) is 2.58. The molecule has 0 bridgehead atoms. The van der Waals surface area contributed by atoms with Gasteiger partial charge in [-0.05, 0) is 0 Å². The second-order valence-corrected chi connectivity index (χ2v) is 5.33. The standard InChI is InChI=1S/C19H13NO4/c21-18(13-7-3-1-4-8-13)16-11-15(20(23)24)12-17(16)19(22)14-9-5-2-6-10-14/h1-12,15H. The Labute approximate surface area is 138 Å². The minimum atomic E-state index is -1.17. The van der Waals surface area contributed by atoms with Gasteiger partial charge in [-0.3, -0.25) is 19.7 Å². The molecule has 0 atom stereocenters. The van der Waals surface area contributed by atoms with Gasteiger partial charge in [0.15, 0.2) is 11.6 Å². The molecule has 1 aliphatic rings. The summed E-state index contributed by atoms with van der Waals surface area (Å²) >= 11 is 0. The molecule has 3 rings (SSSR count). The van der Waals surface area contributed by atoms with Crippen LogP contribution < -0.4 is 0 Å². The lowest BCUT2D eigenvalue weighted by molar-refractivity contribution is -0.496. The van der Waals surface area contributed by atoms with Gasteiger partial charge in [0.25, 0.3) is 6.04 Å². The SMILES string of the molecule is O=C(C1=CC([N+](=O)[O-])C=C1C(=O)c1ccccc1)c1ccccc1. The van der Waals surface area contributed by atoms with E-state index in [-0.39, 0.29) is 11.1 Å². The second-order valence-electron chi connectivity index (χ2n) is 5.33. The molecular formula is C19H13NO4. The maximum absolute atomic E-state index is 12.7. The van der Waals surface area contributed by atoms with Crippen molar-refractivity contribution in [2.24, 2.45) is 0 Å². The van der Waals surface area contributed by atoms with Crippen LogP contribution >= 0.6 is 0 Å². The summed E-state index contributed by atoms with van der Waals surface area (Å²) in [6.07, 6.45) is 2.48. The zero-order valence-corrected chi connectivity index (χ0v) is 12.6. The zero-order valence-electron chi connectivity index (χ0n) is 12.6. The Balaban J connectivity index is 2.01. The van der Waals surface area contributed by atoms with Crippen molar-refractivity contribution in [2.45, 2.75) is 6.04 Å². The van der Waals surface area contributed by atoms with E-state index < -0.39 is 22.5 Å². The molecule has 0 saturated carbocycles. The highest BCUT2D eigenvalue weighted by atomic mass is 16.6. The molecule has 2 aromatic carbocycles. The van der Waals surface area contributed by atoms with E-state index in [9.17, 15) is 19.7 Å². The summed E-state index contributed by atoms with van der Waals surface area (Å²) in [5.41, 5.74) is 0.938. The number of hydrogen-bond acceptors (Lipinski definition) is 4. The normalized spacial score (nSPS) is 14.0. The van der Waals surface area contributed by atoms with E-state index in [4.69, 9.17) is 0 Å². The fraction of sp³-hybridized carbons (Fsp3) is 0.0526. The van der Waals surface area contributed by atoms with Gasteiger partial charge in [-0.1, -0.05) is 60.7 Å². The van der Waals surface area contributed by atoms with Crippen molar-refractivity contribution >= 4 is 11.6 Å². The molecule has 24 heavy (non-hydrogen) atoms. The number of carbonyl (C=O) groups excluding carboxylic acids is 2. The van der Waals surface area contributed by atoms with E-state index in [1.807, 2.05) is 0 Å². The van der Waals surface area contributed by atoms with Gasteiger partial charge < -0.3 is 0 Å². The van der Waals surface area contributed by atoms with Crippen LogP contribution in [0.3, 0.4) is 0 Å². The average Bonchev–Trinajstić information content (AvgIpc) is 3.07. The first-order valence-corrected chi connectivity index (χ1v) is 7.35. The van der Waals surface area contributed by atoms with Crippen molar-refractivity contribution in [1.82, 2.24) is 0 Å². The van der Waals surface area contributed by atoms with Gasteiger partial charge in [-0.2, -0.15) is 0 Å². The number of carbonyl (C=O) groups is 2. The molecule has 0 unspecified atom stereocenters. The Hall–Kier alpha value is -3.34. The maximum Gasteiger partial charge on any atom is 0.251 e. The van der Waals surface area contributed by atoms with Gasteiger partial charge in [-0.15, -0.1) is 0 Å². The lowest BCUT2D eigenvalue weighted by Gasteiger charge is -2.07. The Morgan fingerprint density at radius 1 is 0.750 bits per heavy atom. The summed E-state index contributed by atoms with van der Waals surface area (Å²) in [5, 5.41) is 11.1. The predicted octanol–water partition coefficient (Wildman–Crippen LogP) is 3.26. The van der Waals surface area contributed by atoms with Crippen molar-refractivity contribution in [3.8, 4) is 0 Å². The summed E-state index contributed by atoms with van der Waals surface area (Å²) in [6.45, 7) is 0. The minimum absolute atomic E-state index is 0.0803. The average molecular weight is 319 g/mol. The van der Waals surface area contributed by atoms with Crippen molar-refractivity contribution in [3.63, 3.8) is 0 Å². The van der Waals surface area contributed by atoms with Gasteiger partial charge in [0.05, 0.1) is 0 Å². The van der Waals surface area contributed by atoms with Crippen LogP contribution in [0.2, 0.25) is 0 Å².